The van der Waals surface area contributed by atoms with E-state index < -0.39 is 11.9 Å². The Labute approximate surface area is 151 Å². The highest BCUT2D eigenvalue weighted by Gasteiger charge is 2.17. The van der Waals surface area contributed by atoms with Gasteiger partial charge in [0.1, 0.15) is 5.69 Å². The normalized spacial score (nSPS) is 10.8. The van der Waals surface area contributed by atoms with Crippen LogP contribution in [0.2, 0.25) is 5.02 Å². The monoisotopic (exact) mass is 406 g/mol. The van der Waals surface area contributed by atoms with Crippen molar-refractivity contribution < 1.29 is 14.7 Å². The molecule has 7 heteroatoms. The second-order valence-electron chi connectivity index (χ2n) is 5.24. The minimum absolute atomic E-state index is 0.0580. The lowest BCUT2D eigenvalue weighted by Gasteiger charge is -2.09. The van der Waals surface area contributed by atoms with Gasteiger partial charge in [0, 0.05) is 27.4 Å². The second kappa shape index (κ2) is 6.30. The number of aryl methyl sites for hydroxylation is 1. The van der Waals surface area contributed by atoms with E-state index in [4.69, 9.17) is 11.6 Å². The molecule has 24 heavy (non-hydrogen) atoms. The second-order valence-corrected chi connectivity index (χ2v) is 6.59. The zero-order chi connectivity index (χ0) is 17.4. The van der Waals surface area contributed by atoms with Crippen LogP contribution in [0.25, 0.3) is 10.9 Å². The summed E-state index contributed by atoms with van der Waals surface area (Å²) >= 11 is 9.23. The van der Waals surface area contributed by atoms with Crippen LogP contribution >= 0.6 is 27.5 Å². The van der Waals surface area contributed by atoms with Crippen molar-refractivity contribution in [3.63, 3.8) is 0 Å². The molecule has 0 radical (unpaired) electrons. The molecule has 0 atom stereocenters. The molecular formula is C17H12BrClN2O3. The molecule has 2 N–H and O–H groups in total. The summed E-state index contributed by atoms with van der Waals surface area (Å²) in [6.07, 6.45) is 0. The number of hydrogen-bond acceptors (Lipinski definition) is 2. The van der Waals surface area contributed by atoms with Crippen molar-refractivity contribution in [1.29, 1.82) is 0 Å². The Bertz CT molecular complexity index is 981. The molecular weight excluding hydrogens is 396 g/mol. The Morgan fingerprint density at radius 3 is 2.62 bits per heavy atom. The molecule has 3 rings (SSSR count). The maximum Gasteiger partial charge on any atom is 0.337 e. The van der Waals surface area contributed by atoms with Crippen LogP contribution in [-0.2, 0) is 7.05 Å². The topological polar surface area (TPSA) is 71.3 Å². The van der Waals surface area contributed by atoms with E-state index in [1.807, 2.05) is 18.2 Å². The summed E-state index contributed by atoms with van der Waals surface area (Å²) in [7, 11) is 1.78. The molecule has 0 saturated heterocycles. The van der Waals surface area contributed by atoms with Crippen molar-refractivity contribution in [3.05, 3.63) is 63.2 Å². The molecule has 0 bridgehead atoms. The first-order valence-electron chi connectivity index (χ1n) is 6.96. The van der Waals surface area contributed by atoms with Gasteiger partial charge in [-0.1, -0.05) is 27.5 Å². The van der Waals surface area contributed by atoms with Gasteiger partial charge in [0.2, 0.25) is 0 Å². The van der Waals surface area contributed by atoms with E-state index in [0.29, 0.717) is 10.7 Å². The number of benzene rings is 2. The standard InChI is InChI=1S/C17H12BrClN2O3/c1-21-14-5-2-10(18)6-9(14)7-15(21)16(22)20-13-4-3-11(19)8-12(13)17(23)24/h2-8H,1H3,(H,20,22)(H,23,24). The van der Waals surface area contributed by atoms with Gasteiger partial charge in [-0.3, -0.25) is 4.79 Å². The van der Waals surface area contributed by atoms with Crippen molar-refractivity contribution in [2.24, 2.45) is 7.05 Å². The average Bonchev–Trinajstić information content (AvgIpc) is 2.85. The number of anilines is 1. The van der Waals surface area contributed by atoms with E-state index in [-0.39, 0.29) is 11.3 Å². The number of amides is 1. The third-order valence-electron chi connectivity index (χ3n) is 3.70. The Kier molecular flexibility index (Phi) is 4.34. The van der Waals surface area contributed by atoms with Crippen LogP contribution in [0.1, 0.15) is 20.8 Å². The summed E-state index contributed by atoms with van der Waals surface area (Å²) in [5.74, 6) is -1.55. The van der Waals surface area contributed by atoms with Crippen LogP contribution in [0.15, 0.2) is 46.9 Å². The number of carboxylic acid groups (broad SMARTS) is 1. The van der Waals surface area contributed by atoms with Gasteiger partial charge < -0.3 is 15.0 Å². The fourth-order valence-corrected chi connectivity index (χ4v) is 3.08. The van der Waals surface area contributed by atoms with Crippen LogP contribution in [-0.4, -0.2) is 21.6 Å². The number of nitrogens with one attached hydrogen (secondary N) is 1. The predicted molar refractivity (Wildman–Crippen MR) is 97.0 cm³/mol. The number of rotatable bonds is 3. The molecule has 0 fully saturated rings. The van der Waals surface area contributed by atoms with Crippen molar-refractivity contribution in [2.45, 2.75) is 0 Å². The third-order valence-corrected chi connectivity index (χ3v) is 4.43. The number of carboxylic acids is 1. The van der Waals surface area contributed by atoms with Gasteiger partial charge in [-0.2, -0.15) is 0 Å². The van der Waals surface area contributed by atoms with E-state index in [0.717, 1.165) is 15.4 Å². The summed E-state index contributed by atoms with van der Waals surface area (Å²) in [6.45, 7) is 0. The number of hydrogen-bond donors (Lipinski definition) is 2. The molecule has 0 unspecified atom stereocenters. The van der Waals surface area contributed by atoms with E-state index in [1.54, 1.807) is 17.7 Å². The van der Waals surface area contributed by atoms with Gasteiger partial charge in [-0.15, -0.1) is 0 Å². The maximum atomic E-state index is 12.6. The van der Waals surface area contributed by atoms with Crippen molar-refractivity contribution in [3.8, 4) is 0 Å². The van der Waals surface area contributed by atoms with Crippen molar-refractivity contribution >= 4 is 56.0 Å². The fraction of sp³-hybridized carbons (Fsp3) is 0.0588. The van der Waals surface area contributed by atoms with Crippen LogP contribution in [0.5, 0.6) is 0 Å². The largest absolute Gasteiger partial charge is 0.478 e. The Morgan fingerprint density at radius 2 is 1.92 bits per heavy atom. The highest BCUT2D eigenvalue weighted by Crippen LogP contribution is 2.25. The Balaban J connectivity index is 1.99. The molecule has 5 nitrogen and oxygen atoms in total. The first kappa shape index (κ1) is 16.5. The number of halogens is 2. The highest BCUT2D eigenvalue weighted by molar-refractivity contribution is 9.10. The average molecular weight is 408 g/mol. The fourth-order valence-electron chi connectivity index (χ4n) is 2.53. The summed E-state index contributed by atoms with van der Waals surface area (Å²) < 4.78 is 2.67. The van der Waals surface area contributed by atoms with Gasteiger partial charge in [0.15, 0.2) is 0 Å². The van der Waals surface area contributed by atoms with Gasteiger partial charge >= 0.3 is 5.97 Å². The van der Waals surface area contributed by atoms with Crippen molar-refractivity contribution in [1.82, 2.24) is 4.57 Å². The van der Waals surface area contributed by atoms with Gasteiger partial charge in [-0.05, 0) is 42.5 Å². The zero-order valence-electron chi connectivity index (χ0n) is 12.5. The summed E-state index contributed by atoms with van der Waals surface area (Å²) in [5, 5.41) is 13.1. The van der Waals surface area contributed by atoms with E-state index in [9.17, 15) is 14.7 Å². The number of fused-ring (bicyclic) bond motifs is 1. The lowest BCUT2D eigenvalue weighted by atomic mass is 10.1. The molecule has 3 aromatic rings. The minimum Gasteiger partial charge on any atom is -0.478 e. The maximum absolute atomic E-state index is 12.6. The molecule has 2 aromatic carbocycles. The number of carbonyl (C=O) groups excluding carboxylic acids is 1. The molecule has 0 spiro atoms. The lowest BCUT2D eigenvalue weighted by Crippen LogP contribution is -2.17. The molecule has 1 amide bonds. The van der Waals surface area contributed by atoms with E-state index in [2.05, 4.69) is 21.2 Å². The molecule has 1 aromatic heterocycles. The Morgan fingerprint density at radius 1 is 1.17 bits per heavy atom. The van der Waals surface area contributed by atoms with Crippen LogP contribution < -0.4 is 5.32 Å². The van der Waals surface area contributed by atoms with Crippen LogP contribution in [0.4, 0.5) is 5.69 Å². The molecule has 0 saturated carbocycles. The molecule has 1 heterocycles. The number of aromatic carboxylic acids is 1. The van der Waals surface area contributed by atoms with E-state index in [1.165, 1.54) is 18.2 Å². The van der Waals surface area contributed by atoms with E-state index >= 15 is 0 Å². The quantitative estimate of drug-likeness (QED) is 0.669. The summed E-state index contributed by atoms with van der Waals surface area (Å²) in [6, 6.07) is 11.8. The number of nitrogens with zero attached hydrogens (tertiary/aromatic N) is 1. The van der Waals surface area contributed by atoms with Gasteiger partial charge in [0.25, 0.3) is 5.91 Å². The minimum atomic E-state index is -1.16. The molecule has 0 aliphatic heterocycles. The van der Waals surface area contributed by atoms with Crippen LogP contribution in [0, 0.1) is 0 Å². The predicted octanol–water partition coefficient (Wildman–Crippen LogP) is 4.54. The highest BCUT2D eigenvalue weighted by atomic mass is 79.9. The van der Waals surface area contributed by atoms with Gasteiger partial charge in [0.05, 0.1) is 11.3 Å². The number of aromatic nitrogens is 1. The summed E-state index contributed by atoms with van der Waals surface area (Å²) in [4.78, 5) is 23.9. The van der Waals surface area contributed by atoms with Crippen molar-refractivity contribution in [2.75, 3.05) is 5.32 Å². The first-order valence-corrected chi connectivity index (χ1v) is 8.13. The Hall–Kier alpha value is -2.31. The van der Waals surface area contributed by atoms with Crippen LogP contribution in [0.3, 0.4) is 0 Å². The SMILES string of the molecule is Cn1c(C(=O)Nc2ccc(Cl)cc2C(=O)O)cc2cc(Br)ccc21. The number of carbonyl (C=O) groups is 2. The smallest absolute Gasteiger partial charge is 0.337 e. The molecule has 0 aliphatic rings. The third kappa shape index (κ3) is 3.02. The summed E-state index contributed by atoms with van der Waals surface area (Å²) in [5.41, 5.74) is 1.47. The molecule has 122 valence electrons. The molecule has 0 aliphatic carbocycles. The lowest BCUT2D eigenvalue weighted by molar-refractivity contribution is 0.0698. The first-order chi connectivity index (χ1) is 11.4. The zero-order valence-corrected chi connectivity index (χ0v) is 14.9. The van der Waals surface area contributed by atoms with Gasteiger partial charge in [-0.25, -0.2) is 4.79 Å².